The van der Waals surface area contributed by atoms with Crippen molar-refractivity contribution in [1.82, 2.24) is 0 Å². The molecular formula is C10H6FNO. The number of nitriles is 1. The molecule has 0 amide bonds. The van der Waals surface area contributed by atoms with Gasteiger partial charge in [0, 0.05) is 5.92 Å². The molecule has 0 spiro atoms. The number of halogens is 1. The van der Waals surface area contributed by atoms with E-state index in [1.807, 2.05) is 0 Å². The second-order valence-electron chi connectivity index (χ2n) is 2.18. The van der Waals surface area contributed by atoms with Gasteiger partial charge in [0.1, 0.15) is 0 Å². The molecule has 1 rings (SSSR count). The van der Waals surface area contributed by atoms with Gasteiger partial charge in [0.05, 0.1) is 12.7 Å². The molecule has 0 unspecified atom stereocenters. The molecule has 64 valence electrons. The summed E-state index contributed by atoms with van der Waals surface area (Å²) in [5.41, 5.74) is 0.379. The van der Waals surface area contributed by atoms with E-state index in [9.17, 15) is 4.39 Å². The third-order valence-corrected chi connectivity index (χ3v) is 1.42. The third-order valence-electron chi connectivity index (χ3n) is 1.42. The molecular weight excluding hydrogens is 169 g/mol. The Kier molecular flexibility index (Phi) is 2.89. The minimum absolute atomic E-state index is 0.0743. The third kappa shape index (κ3) is 1.98. The van der Waals surface area contributed by atoms with E-state index < -0.39 is 5.82 Å². The highest BCUT2D eigenvalue weighted by molar-refractivity contribution is 5.48. The van der Waals surface area contributed by atoms with E-state index in [4.69, 9.17) is 10.00 Å². The molecule has 0 aromatic heterocycles. The van der Waals surface area contributed by atoms with Crippen molar-refractivity contribution in [2.75, 3.05) is 7.11 Å². The first-order valence-corrected chi connectivity index (χ1v) is 3.52. The van der Waals surface area contributed by atoms with Crippen molar-refractivity contribution in [3.05, 3.63) is 29.6 Å². The number of para-hydroxylation sites is 1. The van der Waals surface area contributed by atoms with E-state index in [0.29, 0.717) is 5.56 Å². The summed E-state index contributed by atoms with van der Waals surface area (Å²) in [6, 6.07) is 6.02. The number of methoxy groups -OCH3 is 1. The Morgan fingerprint density at radius 3 is 2.85 bits per heavy atom. The highest BCUT2D eigenvalue weighted by Gasteiger charge is 2.05. The Hall–Kier alpha value is -2.00. The summed E-state index contributed by atoms with van der Waals surface area (Å²) >= 11 is 0. The van der Waals surface area contributed by atoms with Gasteiger partial charge in [0.15, 0.2) is 17.6 Å². The van der Waals surface area contributed by atoms with E-state index in [1.54, 1.807) is 12.1 Å². The predicted octanol–water partition coefficient (Wildman–Crippen LogP) is 1.71. The fraction of sp³-hybridized carbons (Fsp3) is 0.100. The van der Waals surface area contributed by atoms with Crippen LogP contribution in [0.25, 0.3) is 0 Å². The maximum absolute atomic E-state index is 13.0. The maximum atomic E-state index is 13.0. The van der Waals surface area contributed by atoms with Gasteiger partial charge in [-0.2, -0.15) is 5.26 Å². The number of hydrogen-bond donors (Lipinski definition) is 0. The molecule has 0 aliphatic carbocycles. The molecule has 0 aliphatic rings. The van der Waals surface area contributed by atoms with Gasteiger partial charge in [-0.15, -0.1) is 0 Å². The van der Waals surface area contributed by atoms with Gasteiger partial charge < -0.3 is 4.74 Å². The van der Waals surface area contributed by atoms with Crippen molar-refractivity contribution in [2.45, 2.75) is 0 Å². The lowest BCUT2D eigenvalue weighted by atomic mass is 10.2. The first kappa shape index (κ1) is 9.09. The molecule has 0 fully saturated rings. The molecule has 0 atom stereocenters. The minimum Gasteiger partial charge on any atom is -0.492 e. The normalized spacial score (nSPS) is 8.08. The monoisotopic (exact) mass is 175 g/mol. The Morgan fingerprint density at radius 2 is 2.23 bits per heavy atom. The maximum Gasteiger partial charge on any atom is 0.170 e. The fourth-order valence-electron chi connectivity index (χ4n) is 0.910. The lowest BCUT2D eigenvalue weighted by Crippen LogP contribution is -1.91. The molecule has 1 aromatic rings. The summed E-state index contributed by atoms with van der Waals surface area (Å²) in [6.07, 6.45) is 0. The van der Waals surface area contributed by atoms with Gasteiger partial charge in [0.25, 0.3) is 0 Å². The standard InChI is InChI=1S/C10H6FNO/c1-13-10-8(5-3-7-12)4-2-6-9(10)11/h2,4,6H,1H3. The Morgan fingerprint density at radius 1 is 1.46 bits per heavy atom. The average molecular weight is 175 g/mol. The second kappa shape index (κ2) is 4.13. The van der Waals surface area contributed by atoms with Gasteiger partial charge in [0.2, 0.25) is 0 Å². The summed E-state index contributed by atoms with van der Waals surface area (Å²) < 4.78 is 17.8. The van der Waals surface area contributed by atoms with Crippen LogP contribution in [0.1, 0.15) is 5.56 Å². The molecule has 0 aliphatic heterocycles. The molecule has 2 nitrogen and oxygen atoms in total. The summed E-state index contributed by atoms with van der Waals surface area (Å²) in [4.78, 5) is 0. The van der Waals surface area contributed by atoms with Crippen LogP contribution in [0.5, 0.6) is 5.75 Å². The van der Waals surface area contributed by atoms with Crippen LogP contribution >= 0.6 is 0 Å². The summed E-state index contributed by atoms with van der Waals surface area (Å²) in [5.74, 6) is 4.25. The molecule has 13 heavy (non-hydrogen) atoms. The van der Waals surface area contributed by atoms with Crippen LogP contribution in [0.4, 0.5) is 4.39 Å². The SMILES string of the molecule is COc1c(F)cccc1C#CC#N. The topological polar surface area (TPSA) is 33.0 Å². The zero-order valence-corrected chi connectivity index (χ0v) is 6.97. The van der Waals surface area contributed by atoms with Gasteiger partial charge in [-0.25, -0.2) is 4.39 Å². The number of nitrogens with zero attached hydrogens (tertiary/aromatic N) is 1. The Balaban J connectivity index is 3.22. The van der Waals surface area contributed by atoms with Gasteiger partial charge in [-0.05, 0) is 18.1 Å². The molecule has 1 aromatic carbocycles. The van der Waals surface area contributed by atoms with Crippen molar-refractivity contribution < 1.29 is 9.13 Å². The zero-order chi connectivity index (χ0) is 9.68. The summed E-state index contributed by atoms with van der Waals surface area (Å²) in [6.45, 7) is 0. The van der Waals surface area contributed by atoms with E-state index in [0.717, 1.165) is 0 Å². The molecule has 0 saturated heterocycles. The molecule has 0 bridgehead atoms. The van der Waals surface area contributed by atoms with Crippen molar-refractivity contribution in [3.8, 4) is 23.7 Å². The first-order chi connectivity index (χ1) is 6.29. The number of benzene rings is 1. The molecule has 3 heteroatoms. The van der Waals surface area contributed by atoms with Gasteiger partial charge in [-0.1, -0.05) is 6.07 Å². The minimum atomic E-state index is -0.479. The van der Waals surface area contributed by atoms with Gasteiger partial charge >= 0.3 is 0 Å². The zero-order valence-electron chi connectivity index (χ0n) is 6.97. The van der Waals surface area contributed by atoms with Gasteiger partial charge in [-0.3, -0.25) is 0 Å². The lowest BCUT2D eigenvalue weighted by molar-refractivity contribution is 0.385. The molecule has 0 heterocycles. The average Bonchev–Trinajstić information content (AvgIpc) is 2.15. The smallest absolute Gasteiger partial charge is 0.170 e. The fourth-order valence-corrected chi connectivity index (χ4v) is 0.910. The second-order valence-corrected chi connectivity index (χ2v) is 2.18. The van der Waals surface area contributed by atoms with E-state index in [-0.39, 0.29) is 5.75 Å². The van der Waals surface area contributed by atoms with Crippen LogP contribution < -0.4 is 4.74 Å². The van der Waals surface area contributed by atoms with E-state index >= 15 is 0 Å². The van der Waals surface area contributed by atoms with E-state index in [2.05, 4.69) is 11.8 Å². The Bertz CT molecular complexity index is 409. The van der Waals surface area contributed by atoms with Crippen LogP contribution in [0.3, 0.4) is 0 Å². The predicted molar refractivity (Wildman–Crippen MR) is 45.4 cm³/mol. The number of rotatable bonds is 1. The van der Waals surface area contributed by atoms with Crippen LogP contribution in [0.15, 0.2) is 18.2 Å². The van der Waals surface area contributed by atoms with Crippen LogP contribution in [0, 0.1) is 29.0 Å². The quantitative estimate of drug-likeness (QED) is 0.608. The highest BCUT2D eigenvalue weighted by atomic mass is 19.1. The van der Waals surface area contributed by atoms with Crippen LogP contribution in [-0.4, -0.2) is 7.11 Å². The Labute approximate surface area is 75.6 Å². The molecule has 0 radical (unpaired) electrons. The highest BCUT2D eigenvalue weighted by Crippen LogP contribution is 2.20. The lowest BCUT2D eigenvalue weighted by Gasteiger charge is -2.02. The summed E-state index contributed by atoms with van der Waals surface area (Å²) in [7, 11) is 1.36. The van der Waals surface area contributed by atoms with Crippen molar-refractivity contribution in [3.63, 3.8) is 0 Å². The first-order valence-electron chi connectivity index (χ1n) is 3.52. The van der Waals surface area contributed by atoms with Crippen molar-refractivity contribution >= 4 is 0 Å². The summed E-state index contributed by atoms with van der Waals surface area (Å²) in [5, 5.41) is 8.20. The number of hydrogen-bond acceptors (Lipinski definition) is 2. The largest absolute Gasteiger partial charge is 0.492 e. The molecule has 0 N–H and O–H groups in total. The van der Waals surface area contributed by atoms with Crippen LogP contribution in [0.2, 0.25) is 0 Å². The van der Waals surface area contributed by atoms with Crippen LogP contribution in [-0.2, 0) is 0 Å². The van der Waals surface area contributed by atoms with Crippen molar-refractivity contribution in [2.24, 2.45) is 0 Å². The number of ether oxygens (including phenoxy) is 1. The van der Waals surface area contributed by atoms with Crippen molar-refractivity contribution in [1.29, 1.82) is 5.26 Å². The van der Waals surface area contributed by atoms with E-state index in [1.165, 1.54) is 19.2 Å². The molecule has 0 saturated carbocycles.